The van der Waals surface area contributed by atoms with Crippen LogP contribution in [-0.4, -0.2) is 67.5 Å². The lowest BCUT2D eigenvalue weighted by atomic mass is 9.90. The molecule has 3 aliphatic heterocycles. The molecule has 4 rings (SSSR count). The number of imide groups is 1. The van der Waals surface area contributed by atoms with Crippen LogP contribution in [0.4, 0.5) is 10.1 Å². The standard InChI is InChI=1S/C22H32FN5O2/c23-19-15-17(18-2-4-21(29)25-22(18)30)1-3-20(19)27-13-11-26(12-14-27)8-5-16-6-9-28(24)10-7-16/h1,3,15-16,18H,2,4-14,24H2,(H,25,29,30). The lowest BCUT2D eigenvalue weighted by Gasteiger charge is -2.37. The second-order valence-corrected chi connectivity index (χ2v) is 8.81. The number of carbonyl (C=O) groups is 2. The van der Waals surface area contributed by atoms with Crippen LogP contribution < -0.4 is 16.1 Å². The van der Waals surface area contributed by atoms with Crippen molar-refractivity contribution in [1.82, 2.24) is 15.2 Å². The Labute approximate surface area is 177 Å². The second kappa shape index (κ2) is 9.41. The Bertz CT molecular complexity index is 773. The van der Waals surface area contributed by atoms with E-state index in [0.29, 0.717) is 24.1 Å². The van der Waals surface area contributed by atoms with Gasteiger partial charge in [0.2, 0.25) is 11.8 Å². The fourth-order valence-corrected chi connectivity index (χ4v) is 4.83. The topological polar surface area (TPSA) is 81.9 Å². The van der Waals surface area contributed by atoms with Crippen molar-refractivity contribution in [3.63, 3.8) is 0 Å². The van der Waals surface area contributed by atoms with E-state index in [9.17, 15) is 14.0 Å². The number of anilines is 1. The molecule has 0 radical (unpaired) electrons. The van der Waals surface area contributed by atoms with Crippen LogP contribution >= 0.6 is 0 Å². The van der Waals surface area contributed by atoms with Crippen molar-refractivity contribution >= 4 is 17.5 Å². The lowest BCUT2D eigenvalue weighted by molar-refractivity contribution is -0.134. The molecule has 164 valence electrons. The van der Waals surface area contributed by atoms with Gasteiger partial charge in [-0.25, -0.2) is 9.40 Å². The highest BCUT2D eigenvalue weighted by Crippen LogP contribution is 2.29. The van der Waals surface area contributed by atoms with Crippen LogP contribution in [0.15, 0.2) is 18.2 Å². The minimum atomic E-state index is -0.450. The van der Waals surface area contributed by atoms with Gasteiger partial charge in [0.1, 0.15) is 5.82 Å². The highest BCUT2D eigenvalue weighted by molar-refractivity contribution is 6.00. The van der Waals surface area contributed by atoms with Crippen LogP contribution in [0.3, 0.4) is 0 Å². The smallest absolute Gasteiger partial charge is 0.234 e. The maximum absolute atomic E-state index is 14.8. The van der Waals surface area contributed by atoms with Crippen molar-refractivity contribution < 1.29 is 14.0 Å². The minimum Gasteiger partial charge on any atom is -0.367 e. The number of benzene rings is 1. The van der Waals surface area contributed by atoms with E-state index < -0.39 is 5.92 Å². The summed E-state index contributed by atoms with van der Waals surface area (Å²) >= 11 is 0. The van der Waals surface area contributed by atoms with Gasteiger partial charge in [-0.15, -0.1) is 0 Å². The van der Waals surface area contributed by atoms with Gasteiger partial charge >= 0.3 is 0 Å². The first-order chi connectivity index (χ1) is 14.5. The van der Waals surface area contributed by atoms with Gasteiger partial charge in [0.25, 0.3) is 0 Å². The maximum Gasteiger partial charge on any atom is 0.234 e. The number of piperazine rings is 1. The molecule has 7 nitrogen and oxygen atoms in total. The van der Waals surface area contributed by atoms with Crippen molar-refractivity contribution in [2.75, 3.05) is 50.7 Å². The van der Waals surface area contributed by atoms with Crippen molar-refractivity contribution in [1.29, 1.82) is 0 Å². The molecule has 8 heteroatoms. The normalized spacial score (nSPS) is 24.9. The molecule has 0 aliphatic carbocycles. The minimum absolute atomic E-state index is 0.254. The van der Waals surface area contributed by atoms with Gasteiger partial charge in [-0.1, -0.05) is 6.07 Å². The van der Waals surface area contributed by atoms with Crippen LogP contribution in [0.2, 0.25) is 0 Å². The van der Waals surface area contributed by atoms with Gasteiger partial charge in [-0.05, 0) is 55.8 Å². The van der Waals surface area contributed by atoms with Gasteiger partial charge < -0.3 is 4.90 Å². The highest BCUT2D eigenvalue weighted by atomic mass is 19.1. The molecule has 1 unspecified atom stereocenters. The van der Waals surface area contributed by atoms with E-state index in [1.54, 1.807) is 6.07 Å². The Morgan fingerprint density at radius 1 is 1.03 bits per heavy atom. The third-order valence-electron chi connectivity index (χ3n) is 6.83. The third-order valence-corrected chi connectivity index (χ3v) is 6.83. The maximum atomic E-state index is 14.8. The predicted octanol–water partition coefficient (Wildman–Crippen LogP) is 1.44. The molecule has 0 aromatic heterocycles. The number of hydrazine groups is 1. The summed E-state index contributed by atoms with van der Waals surface area (Å²) in [7, 11) is 0. The van der Waals surface area contributed by atoms with E-state index in [1.165, 1.54) is 25.3 Å². The number of amides is 2. The number of hydrogen-bond donors (Lipinski definition) is 2. The molecule has 1 atom stereocenters. The number of nitrogens with zero attached hydrogens (tertiary/aromatic N) is 3. The lowest BCUT2D eigenvalue weighted by Crippen LogP contribution is -2.47. The monoisotopic (exact) mass is 417 g/mol. The zero-order valence-corrected chi connectivity index (χ0v) is 17.5. The molecule has 3 saturated heterocycles. The Kier molecular flexibility index (Phi) is 6.65. The van der Waals surface area contributed by atoms with E-state index in [2.05, 4.69) is 15.1 Å². The van der Waals surface area contributed by atoms with E-state index >= 15 is 0 Å². The quantitative estimate of drug-likeness (QED) is 0.557. The van der Waals surface area contributed by atoms with Crippen molar-refractivity contribution in [2.45, 2.75) is 38.0 Å². The predicted molar refractivity (Wildman–Crippen MR) is 113 cm³/mol. The molecule has 3 N–H and O–H groups in total. The van der Waals surface area contributed by atoms with E-state index in [4.69, 9.17) is 5.84 Å². The van der Waals surface area contributed by atoms with Crippen molar-refractivity contribution in [2.24, 2.45) is 11.8 Å². The number of rotatable bonds is 5. The van der Waals surface area contributed by atoms with Crippen LogP contribution in [-0.2, 0) is 9.59 Å². The van der Waals surface area contributed by atoms with Crippen LogP contribution in [0.25, 0.3) is 0 Å². The van der Waals surface area contributed by atoms with Gasteiger partial charge in [-0.3, -0.25) is 25.6 Å². The fourth-order valence-electron chi connectivity index (χ4n) is 4.83. The number of nitrogens with one attached hydrogen (secondary N) is 1. The summed E-state index contributed by atoms with van der Waals surface area (Å²) in [5.74, 6) is 5.27. The number of halogens is 1. The molecule has 2 amide bonds. The summed E-state index contributed by atoms with van der Waals surface area (Å²) in [5, 5.41) is 4.26. The fraction of sp³-hybridized carbons (Fsp3) is 0.636. The second-order valence-electron chi connectivity index (χ2n) is 8.81. The first-order valence-electron chi connectivity index (χ1n) is 11.1. The number of hydrogen-bond acceptors (Lipinski definition) is 6. The molecule has 3 aliphatic rings. The zero-order valence-electron chi connectivity index (χ0n) is 17.5. The highest BCUT2D eigenvalue weighted by Gasteiger charge is 2.29. The Morgan fingerprint density at radius 3 is 2.43 bits per heavy atom. The molecule has 30 heavy (non-hydrogen) atoms. The molecule has 1 aromatic rings. The first-order valence-corrected chi connectivity index (χ1v) is 11.1. The van der Waals surface area contributed by atoms with Gasteiger partial charge in [-0.2, -0.15) is 0 Å². The SMILES string of the molecule is NN1CCC(CCN2CCN(c3ccc(C4CCC(=O)NC4=O)cc3F)CC2)CC1. The van der Waals surface area contributed by atoms with Gasteiger partial charge in [0.15, 0.2) is 0 Å². The first kappa shape index (κ1) is 21.2. The number of piperidine rings is 2. The molecule has 1 aromatic carbocycles. The molecule has 0 bridgehead atoms. The van der Waals surface area contributed by atoms with E-state index in [1.807, 2.05) is 11.1 Å². The Hall–Kier alpha value is -2.03. The van der Waals surface area contributed by atoms with Crippen molar-refractivity contribution in [3.05, 3.63) is 29.6 Å². The van der Waals surface area contributed by atoms with Crippen LogP contribution in [0, 0.1) is 11.7 Å². The summed E-state index contributed by atoms with van der Waals surface area (Å²) < 4.78 is 14.8. The third kappa shape index (κ3) is 4.99. The molecule has 3 fully saturated rings. The summed E-state index contributed by atoms with van der Waals surface area (Å²) in [6, 6.07) is 5.07. The van der Waals surface area contributed by atoms with E-state index in [0.717, 1.165) is 51.7 Å². The van der Waals surface area contributed by atoms with Crippen molar-refractivity contribution in [3.8, 4) is 0 Å². The molecule has 0 saturated carbocycles. The Balaban J connectivity index is 1.28. The van der Waals surface area contributed by atoms with Crippen LogP contribution in [0.1, 0.15) is 43.6 Å². The van der Waals surface area contributed by atoms with Crippen LogP contribution in [0.5, 0.6) is 0 Å². The number of nitrogens with two attached hydrogens (primary N) is 1. The van der Waals surface area contributed by atoms with E-state index in [-0.39, 0.29) is 17.6 Å². The molecule has 3 heterocycles. The zero-order chi connectivity index (χ0) is 21.1. The Morgan fingerprint density at radius 2 is 1.77 bits per heavy atom. The molecular weight excluding hydrogens is 385 g/mol. The average molecular weight is 418 g/mol. The molecular formula is C22H32FN5O2. The molecule has 0 spiro atoms. The van der Waals surface area contributed by atoms with Gasteiger partial charge in [0, 0.05) is 45.7 Å². The largest absolute Gasteiger partial charge is 0.367 e. The average Bonchev–Trinajstić information content (AvgIpc) is 2.74. The summed E-state index contributed by atoms with van der Waals surface area (Å²) in [4.78, 5) is 27.9. The van der Waals surface area contributed by atoms with Gasteiger partial charge in [0.05, 0.1) is 11.6 Å². The summed E-state index contributed by atoms with van der Waals surface area (Å²) in [6.45, 7) is 6.55. The summed E-state index contributed by atoms with van der Waals surface area (Å²) in [6.07, 6.45) is 4.31. The summed E-state index contributed by atoms with van der Waals surface area (Å²) in [5.41, 5.74) is 1.24. The number of carbonyl (C=O) groups excluding carboxylic acids is 2.